The van der Waals surface area contributed by atoms with E-state index in [-0.39, 0.29) is 0 Å². The Balaban J connectivity index is 1.39. The van der Waals surface area contributed by atoms with E-state index < -0.39 is 0 Å². The van der Waals surface area contributed by atoms with Crippen molar-refractivity contribution in [3.8, 4) is 0 Å². The van der Waals surface area contributed by atoms with Gasteiger partial charge in [-0.15, -0.1) is 0 Å². The molecule has 0 aliphatic carbocycles. The smallest absolute Gasteiger partial charge is 0.223 e. The lowest BCUT2D eigenvalue weighted by molar-refractivity contribution is -0.130. The second-order valence-electron chi connectivity index (χ2n) is 6.29. The monoisotopic (exact) mass is 265 g/mol. The van der Waals surface area contributed by atoms with Crippen molar-refractivity contribution >= 4 is 5.91 Å². The van der Waals surface area contributed by atoms with E-state index in [0.717, 1.165) is 25.7 Å². The van der Waals surface area contributed by atoms with Gasteiger partial charge in [0, 0.05) is 44.7 Å². The van der Waals surface area contributed by atoms with Crippen LogP contribution in [-0.2, 0) is 4.79 Å². The van der Waals surface area contributed by atoms with Crippen LogP contribution in [0.5, 0.6) is 0 Å². The highest BCUT2D eigenvalue weighted by molar-refractivity contribution is 5.76. The largest absolute Gasteiger partial charge is 0.343 e. The Kier molecular flexibility index (Phi) is 4.38. The first-order chi connectivity index (χ1) is 9.34. The predicted molar refractivity (Wildman–Crippen MR) is 76.1 cm³/mol. The van der Waals surface area contributed by atoms with Gasteiger partial charge in [-0.1, -0.05) is 6.42 Å². The molecule has 0 aromatic carbocycles. The van der Waals surface area contributed by atoms with Gasteiger partial charge in [-0.3, -0.25) is 9.69 Å². The summed E-state index contributed by atoms with van der Waals surface area (Å²) in [7, 11) is 0. The van der Waals surface area contributed by atoms with E-state index in [4.69, 9.17) is 0 Å². The number of rotatable bonds is 4. The van der Waals surface area contributed by atoms with Gasteiger partial charge >= 0.3 is 0 Å². The Morgan fingerprint density at radius 1 is 1.00 bits per heavy atom. The molecule has 4 nitrogen and oxygen atoms in total. The molecule has 0 aromatic heterocycles. The summed E-state index contributed by atoms with van der Waals surface area (Å²) in [5, 5.41) is 3.65. The topological polar surface area (TPSA) is 35.6 Å². The minimum absolute atomic E-state index is 0.350. The molecule has 0 saturated carbocycles. The van der Waals surface area contributed by atoms with Crippen molar-refractivity contribution in [1.29, 1.82) is 0 Å². The van der Waals surface area contributed by atoms with Crippen molar-refractivity contribution in [2.45, 2.75) is 57.0 Å². The third-order valence-electron chi connectivity index (χ3n) is 5.06. The fourth-order valence-electron chi connectivity index (χ4n) is 3.97. The van der Waals surface area contributed by atoms with E-state index >= 15 is 0 Å². The molecule has 3 saturated heterocycles. The van der Waals surface area contributed by atoms with Crippen LogP contribution in [0, 0.1) is 0 Å². The van der Waals surface area contributed by atoms with Gasteiger partial charge < -0.3 is 10.2 Å². The zero-order valence-corrected chi connectivity index (χ0v) is 11.9. The average Bonchev–Trinajstić information content (AvgIpc) is 3.08. The van der Waals surface area contributed by atoms with Crippen LogP contribution in [0.4, 0.5) is 0 Å². The van der Waals surface area contributed by atoms with Gasteiger partial charge in [0.25, 0.3) is 0 Å². The Labute approximate surface area is 116 Å². The van der Waals surface area contributed by atoms with Crippen LogP contribution < -0.4 is 5.32 Å². The van der Waals surface area contributed by atoms with Gasteiger partial charge in [0.1, 0.15) is 0 Å². The Hall–Kier alpha value is -0.610. The van der Waals surface area contributed by atoms with Crippen LogP contribution in [0.25, 0.3) is 0 Å². The molecule has 1 amide bonds. The number of likely N-dealkylation sites (tertiary alicyclic amines) is 1. The lowest BCUT2D eigenvalue weighted by Gasteiger charge is -2.32. The highest BCUT2D eigenvalue weighted by Crippen LogP contribution is 2.27. The molecule has 3 rings (SSSR count). The molecule has 2 atom stereocenters. The molecular formula is C15H27N3O. The maximum Gasteiger partial charge on any atom is 0.223 e. The Morgan fingerprint density at radius 2 is 1.79 bits per heavy atom. The second kappa shape index (κ2) is 6.23. The van der Waals surface area contributed by atoms with E-state index in [2.05, 4.69) is 10.2 Å². The first kappa shape index (κ1) is 13.4. The summed E-state index contributed by atoms with van der Waals surface area (Å²) in [4.78, 5) is 16.7. The van der Waals surface area contributed by atoms with Crippen LogP contribution in [0.1, 0.15) is 44.9 Å². The number of amides is 1. The zero-order valence-electron chi connectivity index (χ0n) is 11.9. The lowest BCUT2D eigenvalue weighted by Crippen LogP contribution is -2.45. The van der Waals surface area contributed by atoms with Crippen LogP contribution in [-0.4, -0.2) is 60.5 Å². The van der Waals surface area contributed by atoms with E-state index in [1.165, 1.54) is 51.6 Å². The van der Waals surface area contributed by atoms with Crippen LogP contribution in [0.3, 0.4) is 0 Å². The molecule has 19 heavy (non-hydrogen) atoms. The Bertz CT molecular complexity index is 315. The number of nitrogens with one attached hydrogen (secondary N) is 1. The Morgan fingerprint density at radius 3 is 2.63 bits per heavy atom. The molecular weight excluding hydrogens is 238 g/mol. The molecule has 3 heterocycles. The molecule has 2 unspecified atom stereocenters. The first-order valence-corrected chi connectivity index (χ1v) is 8.10. The first-order valence-electron chi connectivity index (χ1n) is 8.10. The quantitative estimate of drug-likeness (QED) is 0.830. The summed E-state index contributed by atoms with van der Waals surface area (Å²) in [6.45, 7) is 5.37. The van der Waals surface area contributed by atoms with Crippen LogP contribution in [0.2, 0.25) is 0 Å². The summed E-state index contributed by atoms with van der Waals surface area (Å²) in [5.41, 5.74) is 0. The van der Waals surface area contributed by atoms with Crippen molar-refractivity contribution < 1.29 is 4.79 Å². The third kappa shape index (κ3) is 3.11. The van der Waals surface area contributed by atoms with E-state index in [1.807, 2.05) is 4.90 Å². The maximum absolute atomic E-state index is 12.0. The standard InChI is InChI=1S/C15H27N3O/c19-15(18-10-3-4-11-18)6-8-16-13-7-12-17-9-2-1-5-14(13)17/h13-14,16H,1-12H2. The van der Waals surface area contributed by atoms with Crippen molar-refractivity contribution in [3.63, 3.8) is 0 Å². The van der Waals surface area contributed by atoms with Gasteiger partial charge in [-0.05, 0) is 38.6 Å². The summed E-state index contributed by atoms with van der Waals surface area (Å²) in [6.07, 6.45) is 8.43. The second-order valence-corrected chi connectivity index (χ2v) is 6.29. The molecule has 0 radical (unpaired) electrons. The van der Waals surface area contributed by atoms with E-state index in [9.17, 15) is 4.79 Å². The average molecular weight is 265 g/mol. The SMILES string of the molecule is O=C(CCNC1CCN2CCCCC12)N1CCCC1. The molecule has 4 heteroatoms. The lowest BCUT2D eigenvalue weighted by atomic mass is 9.99. The van der Waals surface area contributed by atoms with E-state index in [1.54, 1.807) is 0 Å². The highest BCUT2D eigenvalue weighted by Gasteiger charge is 2.34. The number of piperidine rings is 1. The molecule has 0 aromatic rings. The van der Waals surface area contributed by atoms with Gasteiger partial charge in [0.05, 0.1) is 0 Å². The number of hydrogen-bond donors (Lipinski definition) is 1. The van der Waals surface area contributed by atoms with Crippen LogP contribution >= 0.6 is 0 Å². The number of carbonyl (C=O) groups excluding carboxylic acids is 1. The van der Waals surface area contributed by atoms with Crippen LogP contribution in [0.15, 0.2) is 0 Å². The summed E-state index contributed by atoms with van der Waals surface area (Å²) in [5.74, 6) is 0.350. The normalized spacial score (nSPS) is 31.7. The predicted octanol–water partition coefficient (Wildman–Crippen LogP) is 1.22. The van der Waals surface area contributed by atoms with Crippen molar-refractivity contribution in [1.82, 2.24) is 15.1 Å². The van der Waals surface area contributed by atoms with Crippen molar-refractivity contribution in [3.05, 3.63) is 0 Å². The fourth-order valence-corrected chi connectivity index (χ4v) is 3.97. The third-order valence-corrected chi connectivity index (χ3v) is 5.06. The van der Waals surface area contributed by atoms with Gasteiger partial charge in [-0.25, -0.2) is 0 Å². The van der Waals surface area contributed by atoms with Gasteiger partial charge in [0.2, 0.25) is 5.91 Å². The summed E-state index contributed by atoms with van der Waals surface area (Å²) >= 11 is 0. The number of fused-ring (bicyclic) bond motifs is 1. The molecule has 0 spiro atoms. The zero-order chi connectivity index (χ0) is 13.1. The maximum atomic E-state index is 12.0. The van der Waals surface area contributed by atoms with Gasteiger partial charge in [-0.2, -0.15) is 0 Å². The van der Waals surface area contributed by atoms with Crippen molar-refractivity contribution in [2.75, 3.05) is 32.7 Å². The minimum Gasteiger partial charge on any atom is -0.343 e. The number of hydrogen-bond acceptors (Lipinski definition) is 3. The van der Waals surface area contributed by atoms with Crippen molar-refractivity contribution in [2.24, 2.45) is 0 Å². The highest BCUT2D eigenvalue weighted by atomic mass is 16.2. The number of carbonyl (C=O) groups is 1. The molecule has 0 bridgehead atoms. The number of nitrogens with zero attached hydrogens (tertiary/aromatic N) is 2. The van der Waals surface area contributed by atoms with E-state index in [0.29, 0.717) is 18.4 Å². The molecule has 3 fully saturated rings. The summed E-state index contributed by atoms with van der Waals surface area (Å²) < 4.78 is 0. The molecule has 1 N–H and O–H groups in total. The fraction of sp³-hybridized carbons (Fsp3) is 0.933. The molecule has 3 aliphatic heterocycles. The molecule has 108 valence electrons. The minimum atomic E-state index is 0.350. The molecule has 3 aliphatic rings. The summed E-state index contributed by atoms with van der Waals surface area (Å²) in [6, 6.07) is 1.38. The van der Waals surface area contributed by atoms with Gasteiger partial charge in [0.15, 0.2) is 0 Å².